The molecular formula is C24H31N7O. The maximum absolute atomic E-state index is 5.90. The third kappa shape index (κ3) is 4.33. The molecule has 0 aliphatic carbocycles. The zero-order valence-electron chi connectivity index (χ0n) is 18.8. The van der Waals surface area contributed by atoms with Gasteiger partial charge in [-0.25, -0.2) is 9.97 Å². The first kappa shape index (κ1) is 20.9. The molecule has 0 amide bonds. The van der Waals surface area contributed by atoms with Crippen molar-refractivity contribution in [1.29, 1.82) is 0 Å². The second kappa shape index (κ2) is 9.26. The molecule has 2 N–H and O–H groups in total. The van der Waals surface area contributed by atoms with Gasteiger partial charge >= 0.3 is 0 Å². The molecule has 8 nitrogen and oxygen atoms in total. The van der Waals surface area contributed by atoms with Gasteiger partial charge in [0.1, 0.15) is 11.6 Å². The van der Waals surface area contributed by atoms with E-state index in [1.54, 1.807) is 0 Å². The normalized spacial score (nSPS) is 17.9. The second-order valence-corrected chi connectivity index (χ2v) is 8.41. The lowest BCUT2D eigenvalue weighted by molar-refractivity contribution is 0.115. The van der Waals surface area contributed by atoms with Crippen molar-refractivity contribution in [3.63, 3.8) is 0 Å². The molecule has 1 aromatic carbocycles. The van der Waals surface area contributed by atoms with E-state index >= 15 is 0 Å². The summed E-state index contributed by atoms with van der Waals surface area (Å²) in [7, 11) is 0. The number of benzene rings is 1. The monoisotopic (exact) mass is 433 g/mol. The molecule has 3 aromatic rings. The van der Waals surface area contributed by atoms with Crippen molar-refractivity contribution in [2.45, 2.75) is 45.8 Å². The molecule has 2 aliphatic rings. The molecule has 1 unspecified atom stereocenters. The Morgan fingerprint density at radius 2 is 2.12 bits per heavy atom. The van der Waals surface area contributed by atoms with Crippen LogP contribution in [0.4, 0.5) is 17.5 Å². The zero-order chi connectivity index (χ0) is 21.9. The summed E-state index contributed by atoms with van der Waals surface area (Å²) in [6, 6.07) is 8.28. The van der Waals surface area contributed by atoms with Gasteiger partial charge in [-0.15, -0.1) is 0 Å². The lowest BCUT2D eigenvalue weighted by Gasteiger charge is -2.30. The summed E-state index contributed by atoms with van der Waals surface area (Å²) in [5.74, 6) is 2.64. The van der Waals surface area contributed by atoms with E-state index in [0.29, 0.717) is 5.95 Å². The van der Waals surface area contributed by atoms with Crippen LogP contribution in [0.25, 0.3) is 5.69 Å². The van der Waals surface area contributed by atoms with E-state index in [1.807, 2.05) is 19.3 Å². The molecule has 2 aliphatic heterocycles. The highest BCUT2D eigenvalue weighted by molar-refractivity contribution is 5.60. The minimum Gasteiger partial charge on any atom is -0.376 e. The van der Waals surface area contributed by atoms with Crippen molar-refractivity contribution in [2.24, 2.45) is 0 Å². The van der Waals surface area contributed by atoms with E-state index in [4.69, 9.17) is 14.7 Å². The highest BCUT2D eigenvalue weighted by atomic mass is 16.5. The first-order valence-electron chi connectivity index (χ1n) is 11.6. The van der Waals surface area contributed by atoms with Crippen LogP contribution in [0.2, 0.25) is 0 Å². The molecule has 32 heavy (non-hydrogen) atoms. The van der Waals surface area contributed by atoms with Crippen molar-refractivity contribution in [3.8, 4) is 5.69 Å². The molecule has 8 heteroatoms. The minimum absolute atomic E-state index is 0.285. The Kier molecular flexibility index (Phi) is 6.05. The Morgan fingerprint density at radius 1 is 1.25 bits per heavy atom. The number of likely N-dealkylation sites (N-methyl/N-ethyl adjacent to an activating group) is 1. The molecule has 5 rings (SSSR count). The van der Waals surface area contributed by atoms with Gasteiger partial charge in [-0.3, -0.25) is 0 Å². The Morgan fingerprint density at radius 3 is 2.84 bits per heavy atom. The molecule has 0 radical (unpaired) electrons. The van der Waals surface area contributed by atoms with Crippen LogP contribution in [0.15, 0.2) is 36.7 Å². The lowest BCUT2D eigenvalue weighted by Crippen LogP contribution is -2.36. The SMILES string of the molecule is CCN(CC1CCCO1)c1nc(Nc2ccc(-n3ccnc3C)cc2)nc2c1CNCC2. The lowest BCUT2D eigenvalue weighted by atomic mass is 10.1. The van der Waals surface area contributed by atoms with Crippen molar-refractivity contribution < 1.29 is 4.74 Å². The van der Waals surface area contributed by atoms with Gasteiger partial charge in [0.2, 0.25) is 5.95 Å². The van der Waals surface area contributed by atoms with Gasteiger partial charge in [-0.05, 0) is 51.0 Å². The fourth-order valence-electron chi connectivity index (χ4n) is 4.53. The minimum atomic E-state index is 0.285. The molecule has 168 valence electrons. The summed E-state index contributed by atoms with van der Waals surface area (Å²) in [6.07, 6.45) is 7.25. The molecule has 1 fully saturated rings. The number of imidazole rings is 1. The highest BCUT2D eigenvalue weighted by Gasteiger charge is 2.25. The number of nitrogens with one attached hydrogen (secondary N) is 2. The maximum atomic E-state index is 5.90. The van der Waals surface area contributed by atoms with E-state index in [-0.39, 0.29) is 6.10 Å². The summed E-state index contributed by atoms with van der Waals surface area (Å²) in [6.45, 7) is 8.57. The van der Waals surface area contributed by atoms with Crippen molar-refractivity contribution in [1.82, 2.24) is 24.8 Å². The van der Waals surface area contributed by atoms with E-state index < -0.39 is 0 Å². The van der Waals surface area contributed by atoms with Crippen LogP contribution in [0.5, 0.6) is 0 Å². The molecule has 0 bridgehead atoms. The summed E-state index contributed by atoms with van der Waals surface area (Å²) in [4.78, 5) is 16.5. The molecule has 0 saturated carbocycles. The molecule has 0 spiro atoms. The molecule has 2 aromatic heterocycles. The predicted molar refractivity (Wildman–Crippen MR) is 126 cm³/mol. The number of hydrogen-bond acceptors (Lipinski definition) is 7. The van der Waals surface area contributed by atoms with Gasteiger partial charge in [-0.1, -0.05) is 0 Å². The quantitative estimate of drug-likeness (QED) is 0.591. The van der Waals surface area contributed by atoms with Crippen LogP contribution < -0.4 is 15.5 Å². The van der Waals surface area contributed by atoms with E-state index in [2.05, 4.69) is 56.3 Å². The zero-order valence-corrected chi connectivity index (χ0v) is 18.8. The number of fused-ring (bicyclic) bond motifs is 1. The average Bonchev–Trinajstić information content (AvgIpc) is 3.49. The van der Waals surface area contributed by atoms with Gasteiger partial charge in [0.15, 0.2) is 0 Å². The summed E-state index contributed by atoms with van der Waals surface area (Å²) in [5, 5.41) is 6.91. The number of ether oxygens (including phenoxy) is 1. The number of hydrogen-bond donors (Lipinski definition) is 2. The first-order valence-corrected chi connectivity index (χ1v) is 11.6. The van der Waals surface area contributed by atoms with Crippen LogP contribution in [-0.2, 0) is 17.7 Å². The van der Waals surface area contributed by atoms with Crippen LogP contribution >= 0.6 is 0 Å². The fourth-order valence-corrected chi connectivity index (χ4v) is 4.53. The average molecular weight is 434 g/mol. The Hall–Kier alpha value is -2.97. The van der Waals surface area contributed by atoms with Gasteiger partial charge in [-0.2, -0.15) is 4.98 Å². The van der Waals surface area contributed by atoms with Crippen molar-refractivity contribution >= 4 is 17.5 Å². The third-order valence-corrected chi connectivity index (χ3v) is 6.27. The van der Waals surface area contributed by atoms with Gasteiger partial charge < -0.3 is 24.8 Å². The maximum Gasteiger partial charge on any atom is 0.229 e. The van der Waals surface area contributed by atoms with E-state index in [9.17, 15) is 0 Å². The number of anilines is 3. The summed E-state index contributed by atoms with van der Waals surface area (Å²) < 4.78 is 7.97. The Labute approximate surface area is 189 Å². The molecule has 1 saturated heterocycles. The number of rotatable bonds is 7. The van der Waals surface area contributed by atoms with Crippen LogP contribution in [0, 0.1) is 6.92 Å². The number of aryl methyl sites for hydroxylation is 1. The smallest absolute Gasteiger partial charge is 0.229 e. The largest absolute Gasteiger partial charge is 0.376 e. The van der Waals surface area contributed by atoms with Crippen LogP contribution in [-0.4, -0.2) is 51.9 Å². The second-order valence-electron chi connectivity index (χ2n) is 8.41. The van der Waals surface area contributed by atoms with E-state index in [0.717, 1.165) is 80.8 Å². The van der Waals surface area contributed by atoms with Gasteiger partial charge in [0, 0.05) is 68.5 Å². The van der Waals surface area contributed by atoms with Gasteiger partial charge in [0.25, 0.3) is 0 Å². The molecule has 1 atom stereocenters. The topological polar surface area (TPSA) is 80.1 Å². The van der Waals surface area contributed by atoms with Crippen LogP contribution in [0.3, 0.4) is 0 Å². The van der Waals surface area contributed by atoms with E-state index in [1.165, 1.54) is 5.56 Å². The fraction of sp³-hybridized carbons (Fsp3) is 0.458. The molecule has 4 heterocycles. The van der Waals surface area contributed by atoms with Crippen molar-refractivity contribution in [3.05, 3.63) is 53.7 Å². The van der Waals surface area contributed by atoms with Crippen LogP contribution in [0.1, 0.15) is 36.8 Å². The summed E-state index contributed by atoms with van der Waals surface area (Å²) in [5.41, 5.74) is 4.39. The standard InChI is InChI=1S/C24H31N7O/c1-3-30(16-20-5-4-14-32-20)23-21-15-25-11-10-22(21)28-24(29-23)27-18-6-8-19(9-7-18)31-13-12-26-17(31)2/h6-9,12-13,20,25H,3-5,10-11,14-16H2,1-2H3,(H,27,28,29). The Bertz CT molecular complexity index is 1060. The number of aromatic nitrogens is 4. The third-order valence-electron chi connectivity index (χ3n) is 6.27. The Balaban J connectivity index is 1.41. The highest BCUT2D eigenvalue weighted by Crippen LogP contribution is 2.28. The van der Waals surface area contributed by atoms with Gasteiger partial charge in [0.05, 0.1) is 11.8 Å². The first-order chi connectivity index (χ1) is 15.7. The van der Waals surface area contributed by atoms with Crippen molar-refractivity contribution in [2.75, 3.05) is 36.5 Å². The number of nitrogens with zero attached hydrogens (tertiary/aromatic N) is 5. The molecular weight excluding hydrogens is 402 g/mol. The summed E-state index contributed by atoms with van der Waals surface area (Å²) >= 11 is 0. The predicted octanol–water partition coefficient (Wildman–Crippen LogP) is 3.37.